The lowest BCUT2D eigenvalue weighted by atomic mass is 9.82. The number of esters is 2. The molecular weight excluding hydrogens is 352 g/mol. The van der Waals surface area contributed by atoms with Crippen molar-refractivity contribution >= 4 is 11.9 Å². The van der Waals surface area contributed by atoms with Crippen molar-refractivity contribution in [1.82, 2.24) is 0 Å². The lowest BCUT2D eigenvalue weighted by Crippen LogP contribution is -2.44. The van der Waals surface area contributed by atoms with Crippen LogP contribution in [0.15, 0.2) is 60.7 Å². The van der Waals surface area contributed by atoms with Gasteiger partial charge < -0.3 is 9.47 Å². The molecule has 0 N–H and O–H groups in total. The number of benzene rings is 2. The van der Waals surface area contributed by atoms with Crippen LogP contribution in [0.25, 0.3) is 0 Å². The second-order valence-corrected chi connectivity index (χ2v) is 7.38. The van der Waals surface area contributed by atoms with Crippen LogP contribution < -0.4 is 0 Å². The summed E-state index contributed by atoms with van der Waals surface area (Å²) in [5.41, 5.74) is -0.403. The highest BCUT2D eigenvalue weighted by Crippen LogP contribution is 2.36. The molecule has 2 rings (SSSR count). The van der Waals surface area contributed by atoms with Gasteiger partial charge in [-0.1, -0.05) is 57.2 Å². The van der Waals surface area contributed by atoms with Gasteiger partial charge in [0, 0.05) is 6.42 Å². The maximum Gasteiger partial charge on any atom is 0.338 e. The quantitative estimate of drug-likeness (QED) is 0.513. The van der Waals surface area contributed by atoms with Crippen molar-refractivity contribution in [2.45, 2.75) is 64.6 Å². The van der Waals surface area contributed by atoms with Gasteiger partial charge in [-0.2, -0.15) is 0 Å². The fourth-order valence-electron chi connectivity index (χ4n) is 3.28. The van der Waals surface area contributed by atoms with Crippen molar-refractivity contribution in [2.24, 2.45) is 0 Å². The van der Waals surface area contributed by atoms with E-state index in [-0.39, 0.29) is 11.9 Å². The standard InChI is InChI=1S/C24H30O4/c1-5-23(4,27-21(25)19-14-10-8-11-15-19)18-24(6-2,7-3)28-22(26)20-16-12-9-13-17-20/h8-17H,5-7,18H2,1-4H3. The van der Waals surface area contributed by atoms with Crippen LogP contribution in [0.4, 0.5) is 0 Å². The van der Waals surface area contributed by atoms with Crippen molar-refractivity contribution in [3.8, 4) is 0 Å². The Morgan fingerprint density at radius 1 is 0.714 bits per heavy atom. The summed E-state index contributed by atoms with van der Waals surface area (Å²) in [7, 11) is 0. The summed E-state index contributed by atoms with van der Waals surface area (Å²) in [6.07, 6.45) is 2.35. The molecule has 1 unspecified atom stereocenters. The summed E-state index contributed by atoms with van der Waals surface area (Å²) in [5.74, 6) is -0.711. The third-order valence-electron chi connectivity index (χ3n) is 5.40. The van der Waals surface area contributed by atoms with Gasteiger partial charge in [0.2, 0.25) is 0 Å². The largest absolute Gasteiger partial charge is 0.456 e. The lowest BCUT2D eigenvalue weighted by Gasteiger charge is -2.39. The predicted molar refractivity (Wildman–Crippen MR) is 110 cm³/mol. The van der Waals surface area contributed by atoms with Crippen LogP contribution in [0.5, 0.6) is 0 Å². The van der Waals surface area contributed by atoms with Crippen LogP contribution in [-0.4, -0.2) is 23.1 Å². The van der Waals surface area contributed by atoms with Gasteiger partial charge in [-0.3, -0.25) is 0 Å². The van der Waals surface area contributed by atoms with Crippen molar-refractivity contribution in [2.75, 3.05) is 0 Å². The normalized spacial score (nSPS) is 13.4. The van der Waals surface area contributed by atoms with Crippen LogP contribution in [-0.2, 0) is 9.47 Å². The van der Waals surface area contributed by atoms with E-state index in [1.807, 2.05) is 64.1 Å². The first-order valence-electron chi connectivity index (χ1n) is 9.94. The maximum atomic E-state index is 12.7. The van der Waals surface area contributed by atoms with E-state index < -0.39 is 11.2 Å². The predicted octanol–water partition coefficient (Wildman–Crippen LogP) is 5.82. The number of ether oxygens (including phenoxy) is 2. The molecule has 0 bridgehead atoms. The highest BCUT2D eigenvalue weighted by atomic mass is 16.6. The third-order valence-corrected chi connectivity index (χ3v) is 5.40. The SMILES string of the molecule is CCC(C)(CC(CC)(CC)OC(=O)c1ccccc1)OC(=O)c1ccccc1. The molecule has 0 aliphatic heterocycles. The van der Waals surface area contributed by atoms with Gasteiger partial charge in [0.15, 0.2) is 0 Å². The Bertz CT molecular complexity index is 766. The summed E-state index contributed by atoms with van der Waals surface area (Å²) in [5, 5.41) is 0. The van der Waals surface area contributed by atoms with E-state index in [0.717, 1.165) is 0 Å². The van der Waals surface area contributed by atoms with Crippen molar-refractivity contribution in [3.63, 3.8) is 0 Å². The monoisotopic (exact) mass is 382 g/mol. The molecule has 0 heterocycles. The van der Waals surface area contributed by atoms with Crippen LogP contribution in [0, 0.1) is 0 Å². The first-order chi connectivity index (χ1) is 13.4. The number of rotatable bonds is 9. The highest BCUT2D eigenvalue weighted by molar-refractivity contribution is 5.90. The number of hydrogen-bond acceptors (Lipinski definition) is 4. The van der Waals surface area contributed by atoms with Gasteiger partial charge in [-0.05, 0) is 50.5 Å². The molecule has 1 atom stereocenters. The molecule has 4 nitrogen and oxygen atoms in total. The smallest absolute Gasteiger partial charge is 0.338 e. The summed E-state index contributed by atoms with van der Waals surface area (Å²) >= 11 is 0. The number of hydrogen-bond donors (Lipinski definition) is 0. The summed E-state index contributed by atoms with van der Waals surface area (Å²) in [6.45, 7) is 7.88. The van der Waals surface area contributed by atoms with E-state index in [9.17, 15) is 9.59 Å². The van der Waals surface area contributed by atoms with E-state index in [0.29, 0.717) is 36.8 Å². The van der Waals surface area contributed by atoms with E-state index in [1.165, 1.54) is 0 Å². The third kappa shape index (κ3) is 5.44. The molecule has 2 aromatic carbocycles. The molecule has 0 aliphatic rings. The van der Waals surface area contributed by atoms with Gasteiger partial charge in [0.25, 0.3) is 0 Å². The Labute approximate surface area is 167 Å². The molecule has 0 saturated heterocycles. The molecule has 150 valence electrons. The minimum atomic E-state index is -0.740. The molecular formula is C24H30O4. The molecule has 0 amide bonds. The molecule has 0 radical (unpaired) electrons. The van der Waals surface area contributed by atoms with Gasteiger partial charge in [-0.15, -0.1) is 0 Å². The van der Waals surface area contributed by atoms with E-state index in [1.54, 1.807) is 24.3 Å². The van der Waals surface area contributed by atoms with Gasteiger partial charge in [-0.25, -0.2) is 9.59 Å². The Morgan fingerprint density at radius 2 is 1.14 bits per heavy atom. The second-order valence-electron chi connectivity index (χ2n) is 7.38. The Kier molecular flexibility index (Phi) is 7.38. The summed E-state index contributed by atoms with van der Waals surface area (Å²) in [4.78, 5) is 25.3. The lowest BCUT2D eigenvalue weighted by molar-refractivity contribution is -0.0842. The van der Waals surface area contributed by atoms with Crippen LogP contribution in [0.2, 0.25) is 0 Å². The maximum absolute atomic E-state index is 12.7. The van der Waals surface area contributed by atoms with Crippen LogP contribution in [0.3, 0.4) is 0 Å². The molecule has 4 heteroatoms. The first kappa shape index (κ1) is 21.7. The van der Waals surface area contributed by atoms with Gasteiger partial charge >= 0.3 is 11.9 Å². The Hall–Kier alpha value is -2.62. The van der Waals surface area contributed by atoms with Crippen LogP contribution in [0.1, 0.15) is 74.1 Å². The number of carbonyl (C=O) groups excluding carboxylic acids is 2. The zero-order chi connectivity index (χ0) is 20.6. The average molecular weight is 383 g/mol. The summed E-state index contributed by atoms with van der Waals surface area (Å²) in [6, 6.07) is 17.9. The minimum Gasteiger partial charge on any atom is -0.456 e. The van der Waals surface area contributed by atoms with Crippen molar-refractivity contribution in [3.05, 3.63) is 71.8 Å². The van der Waals surface area contributed by atoms with E-state index in [2.05, 4.69) is 0 Å². The molecule has 28 heavy (non-hydrogen) atoms. The van der Waals surface area contributed by atoms with Crippen molar-refractivity contribution < 1.29 is 19.1 Å². The summed E-state index contributed by atoms with van der Waals surface area (Å²) < 4.78 is 11.9. The Morgan fingerprint density at radius 3 is 1.54 bits per heavy atom. The van der Waals surface area contributed by atoms with Crippen LogP contribution >= 0.6 is 0 Å². The number of carbonyl (C=O) groups is 2. The van der Waals surface area contributed by atoms with Crippen molar-refractivity contribution in [1.29, 1.82) is 0 Å². The zero-order valence-electron chi connectivity index (χ0n) is 17.2. The first-order valence-corrected chi connectivity index (χ1v) is 9.94. The fourth-order valence-corrected chi connectivity index (χ4v) is 3.28. The second kappa shape index (κ2) is 9.54. The molecule has 0 aliphatic carbocycles. The Balaban J connectivity index is 2.19. The van der Waals surface area contributed by atoms with Gasteiger partial charge in [0.1, 0.15) is 11.2 Å². The molecule has 0 spiro atoms. The van der Waals surface area contributed by atoms with E-state index in [4.69, 9.17) is 9.47 Å². The molecule has 0 fully saturated rings. The fraction of sp³-hybridized carbons (Fsp3) is 0.417. The molecule has 2 aromatic rings. The van der Waals surface area contributed by atoms with Gasteiger partial charge in [0.05, 0.1) is 11.1 Å². The van der Waals surface area contributed by atoms with E-state index >= 15 is 0 Å². The highest BCUT2D eigenvalue weighted by Gasteiger charge is 2.41. The topological polar surface area (TPSA) is 52.6 Å². The molecule has 0 saturated carbocycles. The molecule has 0 aromatic heterocycles. The minimum absolute atomic E-state index is 0.350. The zero-order valence-corrected chi connectivity index (χ0v) is 17.2. The average Bonchev–Trinajstić information content (AvgIpc) is 2.74.